The van der Waals surface area contributed by atoms with Crippen LogP contribution in [-0.4, -0.2) is 65.2 Å². The molecule has 2 N–H and O–H groups in total. The fraction of sp³-hybridized carbons (Fsp3) is 0.750. The number of hydrogen-bond donors (Lipinski definition) is 2. The summed E-state index contributed by atoms with van der Waals surface area (Å²) < 4.78 is 19.4. The first-order valence-corrected chi connectivity index (χ1v) is 7.65. The van der Waals surface area contributed by atoms with Gasteiger partial charge in [0.05, 0.1) is 24.9 Å². The SMILES string of the molecule is CC(C)NCC(COc1nsnc1N1CCOCC1)=NO.Cl. The highest BCUT2D eigenvalue weighted by molar-refractivity contribution is 6.99. The van der Waals surface area contributed by atoms with Crippen molar-refractivity contribution in [3.8, 4) is 5.88 Å². The Labute approximate surface area is 140 Å². The van der Waals surface area contributed by atoms with Gasteiger partial charge in [-0.15, -0.1) is 16.8 Å². The van der Waals surface area contributed by atoms with E-state index in [1.54, 1.807) is 0 Å². The normalized spacial score (nSPS) is 15.8. The molecule has 22 heavy (non-hydrogen) atoms. The first-order chi connectivity index (χ1) is 10.2. The van der Waals surface area contributed by atoms with Crippen LogP contribution in [0.4, 0.5) is 5.82 Å². The molecule has 0 aliphatic carbocycles. The summed E-state index contributed by atoms with van der Waals surface area (Å²) in [5.41, 5.74) is 0.518. The van der Waals surface area contributed by atoms with Crippen molar-refractivity contribution in [2.45, 2.75) is 19.9 Å². The van der Waals surface area contributed by atoms with Gasteiger partial charge >= 0.3 is 0 Å². The molecule has 0 bridgehead atoms. The van der Waals surface area contributed by atoms with E-state index in [4.69, 9.17) is 14.7 Å². The molecule has 0 aromatic carbocycles. The number of oxime groups is 1. The minimum atomic E-state index is 0. The Morgan fingerprint density at radius 3 is 2.82 bits per heavy atom. The zero-order valence-electron chi connectivity index (χ0n) is 12.7. The zero-order chi connectivity index (χ0) is 15.1. The van der Waals surface area contributed by atoms with Crippen molar-refractivity contribution in [1.82, 2.24) is 14.1 Å². The first kappa shape index (κ1) is 18.9. The van der Waals surface area contributed by atoms with Gasteiger partial charge in [0.25, 0.3) is 5.88 Å². The number of hydrogen-bond acceptors (Lipinski definition) is 9. The summed E-state index contributed by atoms with van der Waals surface area (Å²) in [4.78, 5) is 2.09. The Morgan fingerprint density at radius 2 is 2.18 bits per heavy atom. The Morgan fingerprint density at radius 1 is 1.45 bits per heavy atom. The number of morpholine rings is 1. The van der Waals surface area contributed by atoms with E-state index in [1.165, 1.54) is 0 Å². The lowest BCUT2D eigenvalue weighted by molar-refractivity contribution is 0.122. The van der Waals surface area contributed by atoms with Crippen molar-refractivity contribution in [2.75, 3.05) is 44.4 Å². The second-order valence-corrected chi connectivity index (χ2v) is 5.51. The Balaban J connectivity index is 0.00000242. The van der Waals surface area contributed by atoms with Crippen LogP contribution in [0.5, 0.6) is 5.88 Å². The lowest BCUT2D eigenvalue weighted by Gasteiger charge is -2.26. The van der Waals surface area contributed by atoms with E-state index < -0.39 is 0 Å². The molecular formula is C12H22ClN5O3S. The van der Waals surface area contributed by atoms with Gasteiger partial charge in [-0.3, -0.25) is 0 Å². The molecule has 0 radical (unpaired) electrons. The molecule has 1 saturated heterocycles. The van der Waals surface area contributed by atoms with E-state index in [1.807, 2.05) is 13.8 Å². The van der Waals surface area contributed by atoms with E-state index in [2.05, 4.69) is 24.1 Å². The van der Waals surface area contributed by atoms with Gasteiger partial charge in [0.1, 0.15) is 12.3 Å². The average Bonchev–Trinajstić information content (AvgIpc) is 2.96. The van der Waals surface area contributed by atoms with Crippen LogP contribution in [0.2, 0.25) is 0 Å². The van der Waals surface area contributed by atoms with Crippen LogP contribution in [0.25, 0.3) is 0 Å². The van der Waals surface area contributed by atoms with Crippen molar-refractivity contribution < 1.29 is 14.7 Å². The number of halogens is 1. The molecule has 2 heterocycles. The highest BCUT2D eigenvalue weighted by Crippen LogP contribution is 2.26. The molecule has 1 aromatic rings. The fourth-order valence-corrected chi connectivity index (χ4v) is 2.34. The molecule has 0 amide bonds. The average molecular weight is 352 g/mol. The van der Waals surface area contributed by atoms with Crippen molar-refractivity contribution in [1.29, 1.82) is 0 Å². The highest BCUT2D eigenvalue weighted by Gasteiger charge is 2.20. The zero-order valence-corrected chi connectivity index (χ0v) is 14.3. The van der Waals surface area contributed by atoms with Gasteiger partial charge in [0, 0.05) is 25.7 Å². The van der Waals surface area contributed by atoms with Crippen molar-refractivity contribution in [3.63, 3.8) is 0 Å². The number of anilines is 1. The number of rotatable bonds is 7. The molecule has 0 saturated carbocycles. The van der Waals surface area contributed by atoms with E-state index in [9.17, 15) is 0 Å². The maximum atomic E-state index is 8.99. The monoisotopic (exact) mass is 351 g/mol. The smallest absolute Gasteiger partial charge is 0.271 e. The fourth-order valence-electron chi connectivity index (χ4n) is 1.82. The Bertz CT molecular complexity index is 465. The first-order valence-electron chi connectivity index (χ1n) is 6.92. The Kier molecular flexibility index (Phi) is 8.39. The topological polar surface area (TPSA) is 92.1 Å². The van der Waals surface area contributed by atoms with Crippen LogP contribution in [-0.2, 0) is 4.74 Å². The van der Waals surface area contributed by atoms with Gasteiger partial charge < -0.3 is 24.9 Å². The summed E-state index contributed by atoms with van der Waals surface area (Å²) in [6, 6.07) is 0.312. The van der Waals surface area contributed by atoms with Crippen LogP contribution in [0.15, 0.2) is 5.16 Å². The molecule has 0 atom stereocenters. The minimum absolute atomic E-state index is 0. The van der Waals surface area contributed by atoms with E-state index >= 15 is 0 Å². The minimum Gasteiger partial charge on any atom is -0.468 e. The lowest BCUT2D eigenvalue weighted by Crippen LogP contribution is -2.37. The quantitative estimate of drug-likeness (QED) is 0.430. The molecule has 10 heteroatoms. The maximum absolute atomic E-state index is 8.99. The largest absolute Gasteiger partial charge is 0.468 e. The Hall–Kier alpha value is -1.16. The summed E-state index contributed by atoms with van der Waals surface area (Å²) in [6.45, 7) is 7.61. The molecule has 1 aliphatic heterocycles. The van der Waals surface area contributed by atoms with Gasteiger partial charge in [-0.2, -0.15) is 4.37 Å². The molecule has 2 rings (SSSR count). The molecule has 1 aliphatic rings. The van der Waals surface area contributed by atoms with Gasteiger partial charge in [0.15, 0.2) is 0 Å². The third-order valence-electron chi connectivity index (χ3n) is 2.98. The molecule has 1 aromatic heterocycles. The van der Waals surface area contributed by atoms with Crippen LogP contribution in [0, 0.1) is 0 Å². The van der Waals surface area contributed by atoms with Crippen molar-refractivity contribution in [3.05, 3.63) is 0 Å². The second-order valence-electron chi connectivity index (χ2n) is 4.98. The summed E-state index contributed by atoms with van der Waals surface area (Å²) in [7, 11) is 0. The third-order valence-corrected chi connectivity index (χ3v) is 3.49. The summed E-state index contributed by atoms with van der Waals surface area (Å²) in [5, 5.41) is 15.4. The predicted molar refractivity (Wildman–Crippen MR) is 88.0 cm³/mol. The van der Waals surface area contributed by atoms with Crippen LogP contribution in [0.1, 0.15) is 13.8 Å². The predicted octanol–water partition coefficient (Wildman–Crippen LogP) is 1.00. The van der Waals surface area contributed by atoms with Gasteiger partial charge in [-0.1, -0.05) is 19.0 Å². The molecule has 126 valence electrons. The maximum Gasteiger partial charge on any atom is 0.271 e. The molecule has 0 spiro atoms. The lowest BCUT2D eigenvalue weighted by atomic mass is 10.3. The molecule has 0 unspecified atom stereocenters. The summed E-state index contributed by atoms with van der Waals surface area (Å²) in [6.07, 6.45) is 0. The van der Waals surface area contributed by atoms with Gasteiger partial charge in [-0.05, 0) is 0 Å². The number of ether oxygens (including phenoxy) is 2. The van der Waals surface area contributed by atoms with Crippen LogP contribution in [0.3, 0.4) is 0 Å². The van der Waals surface area contributed by atoms with Crippen LogP contribution < -0.4 is 15.0 Å². The van der Waals surface area contributed by atoms with Crippen LogP contribution >= 0.6 is 24.1 Å². The summed E-state index contributed by atoms with van der Waals surface area (Å²) >= 11 is 1.11. The summed E-state index contributed by atoms with van der Waals surface area (Å²) in [5.74, 6) is 1.21. The van der Waals surface area contributed by atoms with E-state index in [0.717, 1.165) is 30.6 Å². The number of nitrogens with zero attached hydrogens (tertiary/aromatic N) is 4. The van der Waals surface area contributed by atoms with Gasteiger partial charge in [0.2, 0.25) is 5.82 Å². The van der Waals surface area contributed by atoms with Gasteiger partial charge in [-0.25, -0.2) is 0 Å². The standard InChI is InChI=1S/C12H21N5O3S.ClH/c1-9(2)13-7-10(14-18)8-20-12-11(15-21-16-12)17-3-5-19-6-4-17;/h9,13,18H,3-8H2,1-2H3;1H. The number of nitrogens with one attached hydrogen (secondary N) is 1. The molecule has 8 nitrogen and oxygen atoms in total. The highest BCUT2D eigenvalue weighted by atomic mass is 35.5. The molecular weight excluding hydrogens is 330 g/mol. The van der Waals surface area contributed by atoms with E-state index in [0.29, 0.717) is 37.4 Å². The second kappa shape index (κ2) is 9.78. The molecule has 1 fully saturated rings. The van der Waals surface area contributed by atoms with Crippen molar-refractivity contribution >= 4 is 35.7 Å². The van der Waals surface area contributed by atoms with E-state index in [-0.39, 0.29) is 19.0 Å². The third kappa shape index (κ3) is 5.56. The number of aromatic nitrogens is 2. The van der Waals surface area contributed by atoms with Crippen molar-refractivity contribution in [2.24, 2.45) is 5.16 Å².